The van der Waals surface area contributed by atoms with Crippen LogP contribution >= 0.6 is 0 Å². The van der Waals surface area contributed by atoms with E-state index in [4.69, 9.17) is 0 Å². The predicted molar refractivity (Wildman–Crippen MR) is 86.2 cm³/mol. The normalized spacial score (nSPS) is 28.5. The fourth-order valence-corrected chi connectivity index (χ4v) is 4.28. The molecule has 1 aromatic rings. The molecule has 2 aliphatic rings. The van der Waals surface area contributed by atoms with E-state index in [1.807, 2.05) is 13.1 Å². The van der Waals surface area contributed by atoms with Gasteiger partial charge in [-0.3, -0.25) is 0 Å². The number of hydrogen-bond acceptors (Lipinski definition) is 3. The summed E-state index contributed by atoms with van der Waals surface area (Å²) in [6.45, 7) is 3.76. The highest BCUT2D eigenvalue weighted by Gasteiger charge is 2.37. The van der Waals surface area contributed by atoms with E-state index < -0.39 is 0 Å². The Labute approximate surface area is 128 Å². The van der Waals surface area contributed by atoms with Gasteiger partial charge in [0.1, 0.15) is 0 Å². The molecule has 3 rings (SSSR count). The Morgan fingerprint density at radius 2 is 1.86 bits per heavy atom. The number of likely N-dealkylation sites (tertiary alicyclic amines) is 1. The van der Waals surface area contributed by atoms with Crippen LogP contribution in [0.3, 0.4) is 0 Å². The van der Waals surface area contributed by atoms with Crippen molar-refractivity contribution in [3.8, 4) is 0 Å². The van der Waals surface area contributed by atoms with Gasteiger partial charge in [-0.05, 0) is 43.7 Å². The van der Waals surface area contributed by atoms with Crippen LogP contribution in [0.4, 0.5) is 0 Å². The highest BCUT2D eigenvalue weighted by molar-refractivity contribution is 5.24. The molecule has 1 heterocycles. The number of rotatable bonds is 6. The van der Waals surface area contributed by atoms with Gasteiger partial charge in [0.15, 0.2) is 0 Å². The average molecular weight is 288 g/mol. The molecule has 1 saturated carbocycles. The van der Waals surface area contributed by atoms with Gasteiger partial charge < -0.3 is 15.3 Å². The molecular weight excluding hydrogens is 260 g/mol. The van der Waals surface area contributed by atoms with Crippen LogP contribution in [0.25, 0.3) is 0 Å². The van der Waals surface area contributed by atoms with Gasteiger partial charge in [-0.2, -0.15) is 0 Å². The molecule has 0 aromatic heterocycles. The third-order valence-electron chi connectivity index (χ3n) is 5.73. The molecule has 2 N–H and O–H groups in total. The van der Waals surface area contributed by atoms with Gasteiger partial charge in [0.05, 0.1) is 12.1 Å². The van der Waals surface area contributed by atoms with Crippen molar-refractivity contribution in [2.45, 2.75) is 31.2 Å². The summed E-state index contributed by atoms with van der Waals surface area (Å²) in [6, 6.07) is 10.4. The van der Waals surface area contributed by atoms with Gasteiger partial charge in [-0.1, -0.05) is 36.8 Å². The molecule has 3 atom stereocenters. The Morgan fingerprint density at radius 3 is 2.43 bits per heavy atom. The first-order valence-corrected chi connectivity index (χ1v) is 8.35. The second kappa shape index (κ2) is 6.47. The van der Waals surface area contributed by atoms with Crippen molar-refractivity contribution in [2.75, 3.05) is 33.3 Å². The van der Waals surface area contributed by atoms with E-state index >= 15 is 0 Å². The van der Waals surface area contributed by atoms with Crippen molar-refractivity contribution >= 4 is 0 Å². The van der Waals surface area contributed by atoms with Crippen LogP contribution in [0, 0.1) is 11.8 Å². The van der Waals surface area contributed by atoms with E-state index in [0.29, 0.717) is 0 Å². The number of aliphatic hydroxyl groups excluding tert-OH is 1. The Bertz CT molecular complexity index is 432. The van der Waals surface area contributed by atoms with Crippen LogP contribution in [0.15, 0.2) is 30.3 Å². The van der Waals surface area contributed by atoms with Crippen molar-refractivity contribution in [1.82, 2.24) is 10.2 Å². The third kappa shape index (κ3) is 3.01. The van der Waals surface area contributed by atoms with Crippen molar-refractivity contribution in [3.63, 3.8) is 0 Å². The molecule has 1 aliphatic carbocycles. The first-order valence-electron chi connectivity index (χ1n) is 8.35. The van der Waals surface area contributed by atoms with E-state index in [1.165, 1.54) is 37.9 Å². The molecule has 116 valence electrons. The van der Waals surface area contributed by atoms with E-state index in [1.54, 1.807) is 0 Å². The highest BCUT2D eigenvalue weighted by Crippen LogP contribution is 2.38. The molecule has 1 aromatic carbocycles. The number of likely N-dealkylation sites (N-methyl/N-ethyl adjacent to an activating group) is 1. The van der Waals surface area contributed by atoms with Gasteiger partial charge >= 0.3 is 0 Å². The minimum Gasteiger partial charge on any atom is -0.394 e. The zero-order chi connectivity index (χ0) is 14.7. The summed E-state index contributed by atoms with van der Waals surface area (Å²) in [5, 5.41) is 13.4. The Morgan fingerprint density at radius 1 is 1.19 bits per heavy atom. The summed E-state index contributed by atoms with van der Waals surface area (Å²) in [6.07, 6.45) is 5.25. The number of nitrogens with one attached hydrogen (secondary N) is 1. The van der Waals surface area contributed by atoms with Gasteiger partial charge in [-0.15, -0.1) is 0 Å². The van der Waals surface area contributed by atoms with Gasteiger partial charge in [0, 0.05) is 19.6 Å². The second-order valence-corrected chi connectivity index (χ2v) is 6.82. The highest BCUT2D eigenvalue weighted by atomic mass is 16.3. The van der Waals surface area contributed by atoms with Gasteiger partial charge in [0.25, 0.3) is 0 Å². The summed E-state index contributed by atoms with van der Waals surface area (Å²) in [5.74, 6) is 1.89. The largest absolute Gasteiger partial charge is 0.394 e. The minimum atomic E-state index is -0.307. The molecule has 0 amide bonds. The molecule has 1 saturated heterocycles. The summed E-state index contributed by atoms with van der Waals surface area (Å²) in [5.41, 5.74) is 0.883. The Hall–Kier alpha value is -0.900. The maximum Gasteiger partial charge on any atom is 0.0678 e. The lowest BCUT2D eigenvalue weighted by atomic mass is 9.87. The van der Waals surface area contributed by atoms with Crippen molar-refractivity contribution in [1.29, 1.82) is 0 Å². The molecular formula is C18H28N2O. The second-order valence-electron chi connectivity index (χ2n) is 6.82. The van der Waals surface area contributed by atoms with Crippen LogP contribution < -0.4 is 5.32 Å². The monoisotopic (exact) mass is 288 g/mol. The van der Waals surface area contributed by atoms with E-state index in [2.05, 4.69) is 34.5 Å². The van der Waals surface area contributed by atoms with Crippen molar-refractivity contribution in [3.05, 3.63) is 35.9 Å². The standard InChI is InChI=1S/C18H28N2O/c1-19-18(14-21,17-8-3-2-4-9-17)10-11-20-12-15-6-5-7-16(15)13-20/h2-4,8-9,15-16,19,21H,5-7,10-14H2,1H3. The van der Waals surface area contributed by atoms with Crippen LogP contribution in [0.2, 0.25) is 0 Å². The quantitative estimate of drug-likeness (QED) is 0.842. The van der Waals surface area contributed by atoms with Crippen LogP contribution in [-0.2, 0) is 5.54 Å². The third-order valence-corrected chi connectivity index (χ3v) is 5.73. The van der Waals surface area contributed by atoms with E-state index in [-0.39, 0.29) is 12.1 Å². The fourth-order valence-electron chi connectivity index (χ4n) is 4.28. The fraction of sp³-hybridized carbons (Fsp3) is 0.667. The first kappa shape index (κ1) is 15.0. The summed E-state index contributed by atoms with van der Waals surface area (Å²) in [4.78, 5) is 2.61. The van der Waals surface area contributed by atoms with Crippen molar-refractivity contribution < 1.29 is 5.11 Å². The van der Waals surface area contributed by atoms with Gasteiger partial charge in [-0.25, -0.2) is 0 Å². The topological polar surface area (TPSA) is 35.5 Å². The number of aliphatic hydroxyl groups is 1. The lowest BCUT2D eigenvalue weighted by Gasteiger charge is -2.34. The Kier molecular flexibility index (Phi) is 4.63. The van der Waals surface area contributed by atoms with Crippen LogP contribution in [0.5, 0.6) is 0 Å². The molecule has 2 fully saturated rings. The van der Waals surface area contributed by atoms with E-state index in [9.17, 15) is 5.11 Å². The average Bonchev–Trinajstić information content (AvgIpc) is 3.11. The maximum absolute atomic E-state index is 9.98. The van der Waals surface area contributed by atoms with E-state index in [0.717, 1.165) is 24.8 Å². The summed E-state index contributed by atoms with van der Waals surface area (Å²) in [7, 11) is 1.96. The van der Waals surface area contributed by atoms with Crippen molar-refractivity contribution in [2.24, 2.45) is 11.8 Å². The molecule has 0 bridgehead atoms. The molecule has 3 unspecified atom stereocenters. The first-order chi connectivity index (χ1) is 10.3. The zero-order valence-corrected chi connectivity index (χ0v) is 13.1. The van der Waals surface area contributed by atoms with Crippen LogP contribution in [0.1, 0.15) is 31.2 Å². The lowest BCUT2D eigenvalue weighted by molar-refractivity contribution is 0.142. The SMILES string of the molecule is CNC(CO)(CCN1CC2CCCC2C1)c1ccccc1. The summed E-state index contributed by atoms with van der Waals surface area (Å²) < 4.78 is 0. The molecule has 3 nitrogen and oxygen atoms in total. The Balaban J connectivity index is 1.63. The summed E-state index contributed by atoms with van der Waals surface area (Å²) >= 11 is 0. The lowest BCUT2D eigenvalue weighted by Crippen LogP contribution is -2.46. The number of hydrogen-bond donors (Lipinski definition) is 2. The number of fused-ring (bicyclic) bond motifs is 1. The molecule has 1 aliphatic heterocycles. The molecule has 21 heavy (non-hydrogen) atoms. The van der Waals surface area contributed by atoms with Crippen LogP contribution in [-0.4, -0.2) is 43.3 Å². The molecule has 0 radical (unpaired) electrons. The maximum atomic E-state index is 9.98. The predicted octanol–water partition coefficient (Wildman–Crippen LogP) is 2.22. The zero-order valence-electron chi connectivity index (χ0n) is 13.1. The molecule has 0 spiro atoms. The molecule has 3 heteroatoms. The number of benzene rings is 1. The minimum absolute atomic E-state index is 0.147. The van der Waals surface area contributed by atoms with Gasteiger partial charge in [0.2, 0.25) is 0 Å². The number of nitrogens with zero attached hydrogens (tertiary/aromatic N) is 1. The smallest absolute Gasteiger partial charge is 0.0678 e.